The van der Waals surface area contributed by atoms with Gasteiger partial charge in [0, 0.05) is 25.0 Å². The van der Waals surface area contributed by atoms with Crippen LogP contribution >= 0.6 is 0 Å². The van der Waals surface area contributed by atoms with Crippen molar-refractivity contribution in [3.8, 4) is 11.5 Å². The Morgan fingerprint density at radius 2 is 1.74 bits per heavy atom. The monoisotopic (exact) mass is 363 g/mol. The highest BCUT2D eigenvalue weighted by molar-refractivity contribution is 6.04. The molecule has 0 radical (unpaired) electrons. The maximum atomic E-state index is 12.5. The Hall–Kier alpha value is -3.12. The lowest BCUT2D eigenvalue weighted by Gasteiger charge is -2.22. The molecule has 0 unspecified atom stereocenters. The molecule has 1 fully saturated rings. The molecule has 6 nitrogen and oxygen atoms in total. The van der Waals surface area contributed by atoms with Gasteiger partial charge in [0.25, 0.3) is 5.91 Å². The van der Waals surface area contributed by atoms with E-state index >= 15 is 0 Å². The third-order valence-electron chi connectivity index (χ3n) is 4.52. The zero-order valence-electron chi connectivity index (χ0n) is 14.9. The molecule has 0 spiro atoms. The van der Waals surface area contributed by atoms with Crippen LogP contribution in [0.15, 0.2) is 67.0 Å². The second kappa shape index (κ2) is 8.05. The Kier molecular flexibility index (Phi) is 5.16. The summed E-state index contributed by atoms with van der Waals surface area (Å²) >= 11 is 0. The van der Waals surface area contributed by atoms with E-state index < -0.39 is 0 Å². The van der Waals surface area contributed by atoms with Gasteiger partial charge in [-0.1, -0.05) is 18.2 Å². The second-order valence-electron chi connectivity index (χ2n) is 6.45. The summed E-state index contributed by atoms with van der Waals surface area (Å²) in [5.41, 5.74) is 1.25. The Morgan fingerprint density at radius 1 is 1.04 bits per heavy atom. The molecule has 1 aliphatic rings. The summed E-state index contributed by atoms with van der Waals surface area (Å²) in [6.07, 6.45) is 5.44. The van der Waals surface area contributed by atoms with Gasteiger partial charge in [0.2, 0.25) is 0 Å². The molecule has 27 heavy (non-hydrogen) atoms. The van der Waals surface area contributed by atoms with E-state index in [1.54, 1.807) is 30.5 Å². The molecule has 138 valence electrons. The largest absolute Gasteiger partial charge is 0.457 e. The number of nitrogens with zero attached hydrogens (tertiary/aromatic N) is 2. The molecule has 2 aromatic carbocycles. The van der Waals surface area contributed by atoms with Crippen LogP contribution in [0.3, 0.4) is 0 Å². The quantitative estimate of drug-likeness (QED) is 0.735. The fourth-order valence-corrected chi connectivity index (χ4v) is 3.05. The van der Waals surface area contributed by atoms with Gasteiger partial charge >= 0.3 is 0 Å². The average molecular weight is 363 g/mol. The lowest BCUT2D eigenvalue weighted by atomic mass is 10.1. The van der Waals surface area contributed by atoms with E-state index in [2.05, 4.69) is 10.4 Å². The van der Waals surface area contributed by atoms with Crippen molar-refractivity contribution in [2.24, 2.45) is 0 Å². The first-order valence-corrected chi connectivity index (χ1v) is 9.04. The second-order valence-corrected chi connectivity index (χ2v) is 6.45. The highest BCUT2D eigenvalue weighted by Crippen LogP contribution is 2.23. The summed E-state index contributed by atoms with van der Waals surface area (Å²) in [6, 6.07) is 16.9. The molecule has 1 N–H and O–H groups in total. The number of amides is 1. The van der Waals surface area contributed by atoms with Crippen molar-refractivity contribution in [1.82, 2.24) is 9.78 Å². The van der Waals surface area contributed by atoms with Crippen LogP contribution < -0.4 is 10.1 Å². The molecule has 3 aromatic rings. The molecule has 1 aliphatic heterocycles. The number of aromatic nitrogens is 2. The normalized spacial score (nSPS) is 14.7. The first-order chi connectivity index (χ1) is 13.3. The maximum Gasteiger partial charge on any atom is 0.255 e. The molecule has 4 rings (SSSR count). The topological polar surface area (TPSA) is 65.4 Å². The van der Waals surface area contributed by atoms with Crippen LogP contribution in [0.1, 0.15) is 29.2 Å². The molecule has 1 aromatic heterocycles. The summed E-state index contributed by atoms with van der Waals surface area (Å²) in [6.45, 7) is 1.51. The van der Waals surface area contributed by atoms with Crippen molar-refractivity contribution in [1.29, 1.82) is 0 Å². The van der Waals surface area contributed by atoms with Gasteiger partial charge < -0.3 is 14.8 Å². The van der Waals surface area contributed by atoms with E-state index in [4.69, 9.17) is 9.47 Å². The van der Waals surface area contributed by atoms with Crippen LogP contribution in [-0.2, 0) is 4.74 Å². The van der Waals surface area contributed by atoms with E-state index in [1.165, 1.54) is 0 Å². The standard InChI is InChI=1S/C21H21N3O3/c25-21(23-17-14-22-24(15-17)18-10-12-26-13-11-18)16-6-8-20(9-7-16)27-19-4-2-1-3-5-19/h1-9,14-15,18H,10-13H2,(H,23,25). The number of para-hydroxylation sites is 1. The van der Waals surface area contributed by atoms with E-state index in [0.29, 0.717) is 23.0 Å². The fraction of sp³-hybridized carbons (Fsp3) is 0.238. The number of hydrogen-bond acceptors (Lipinski definition) is 4. The lowest BCUT2D eigenvalue weighted by Crippen LogP contribution is -2.19. The highest BCUT2D eigenvalue weighted by atomic mass is 16.5. The summed E-state index contributed by atoms with van der Waals surface area (Å²) in [5, 5.41) is 7.27. The number of ether oxygens (including phenoxy) is 2. The van der Waals surface area contributed by atoms with Crippen LogP contribution in [-0.4, -0.2) is 28.9 Å². The number of carbonyl (C=O) groups excluding carboxylic acids is 1. The van der Waals surface area contributed by atoms with Gasteiger partial charge in [-0.05, 0) is 49.2 Å². The van der Waals surface area contributed by atoms with Gasteiger partial charge in [-0.15, -0.1) is 0 Å². The maximum absolute atomic E-state index is 12.5. The third-order valence-corrected chi connectivity index (χ3v) is 4.52. The van der Waals surface area contributed by atoms with E-state index in [9.17, 15) is 4.79 Å². The van der Waals surface area contributed by atoms with Gasteiger partial charge in [-0.3, -0.25) is 9.48 Å². The number of hydrogen-bond donors (Lipinski definition) is 1. The van der Waals surface area contributed by atoms with Gasteiger partial charge in [0.15, 0.2) is 0 Å². The van der Waals surface area contributed by atoms with Crippen molar-refractivity contribution >= 4 is 11.6 Å². The Balaban J connectivity index is 1.37. The molecule has 2 heterocycles. The molecule has 0 bridgehead atoms. The highest BCUT2D eigenvalue weighted by Gasteiger charge is 2.17. The minimum absolute atomic E-state index is 0.173. The SMILES string of the molecule is O=C(Nc1cnn(C2CCOCC2)c1)c1ccc(Oc2ccccc2)cc1. The molecule has 0 aliphatic carbocycles. The summed E-state index contributed by atoms with van der Waals surface area (Å²) in [4.78, 5) is 12.5. The molecule has 6 heteroatoms. The Bertz CT molecular complexity index is 885. The molecule has 1 amide bonds. The first-order valence-electron chi connectivity index (χ1n) is 9.04. The summed E-state index contributed by atoms with van der Waals surface area (Å²) < 4.78 is 13.0. The molecule has 1 saturated heterocycles. The number of benzene rings is 2. The van der Waals surface area contributed by atoms with Gasteiger partial charge in [-0.25, -0.2) is 0 Å². The Morgan fingerprint density at radius 3 is 2.48 bits per heavy atom. The van der Waals surface area contributed by atoms with Crippen molar-refractivity contribution < 1.29 is 14.3 Å². The lowest BCUT2D eigenvalue weighted by molar-refractivity contribution is 0.0662. The van der Waals surface area contributed by atoms with Gasteiger partial charge in [0.05, 0.1) is 17.9 Å². The van der Waals surface area contributed by atoms with Crippen molar-refractivity contribution in [2.45, 2.75) is 18.9 Å². The van der Waals surface area contributed by atoms with Crippen LogP contribution in [0.5, 0.6) is 11.5 Å². The van der Waals surface area contributed by atoms with Crippen LogP contribution in [0.4, 0.5) is 5.69 Å². The minimum Gasteiger partial charge on any atom is -0.457 e. The van der Waals surface area contributed by atoms with Crippen LogP contribution in [0, 0.1) is 0 Å². The van der Waals surface area contributed by atoms with Crippen LogP contribution in [0.25, 0.3) is 0 Å². The third kappa shape index (κ3) is 4.35. The van der Waals surface area contributed by atoms with Crippen molar-refractivity contribution in [3.63, 3.8) is 0 Å². The Labute approximate surface area is 157 Å². The first kappa shape index (κ1) is 17.3. The molecule has 0 atom stereocenters. The van der Waals surface area contributed by atoms with Crippen molar-refractivity contribution in [3.05, 3.63) is 72.6 Å². The summed E-state index contributed by atoms with van der Waals surface area (Å²) in [5.74, 6) is 1.27. The predicted molar refractivity (Wildman–Crippen MR) is 102 cm³/mol. The smallest absolute Gasteiger partial charge is 0.255 e. The minimum atomic E-state index is -0.173. The average Bonchev–Trinajstić information content (AvgIpc) is 3.18. The molecular weight excluding hydrogens is 342 g/mol. The zero-order chi connectivity index (χ0) is 18.5. The van der Waals surface area contributed by atoms with E-state index in [-0.39, 0.29) is 5.91 Å². The fourth-order valence-electron chi connectivity index (χ4n) is 3.05. The summed E-state index contributed by atoms with van der Waals surface area (Å²) in [7, 11) is 0. The van der Waals surface area contributed by atoms with Crippen molar-refractivity contribution in [2.75, 3.05) is 18.5 Å². The zero-order valence-corrected chi connectivity index (χ0v) is 14.9. The predicted octanol–water partition coefficient (Wildman–Crippen LogP) is 4.28. The van der Waals surface area contributed by atoms with Crippen LogP contribution in [0.2, 0.25) is 0 Å². The molecular formula is C21H21N3O3. The number of nitrogens with one attached hydrogen (secondary N) is 1. The number of anilines is 1. The number of carbonyl (C=O) groups is 1. The molecule has 0 saturated carbocycles. The van der Waals surface area contributed by atoms with Gasteiger partial charge in [-0.2, -0.15) is 5.10 Å². The van der Waals surface area contributed by atoms with Gasteiger partial charge in [0.1, 0.15) is 11.5 Å². The van der Waals surface area contributed by atoms with E-state index in [0.717, 1.165) is 31.8 Å². The number of rotatable bonds is 5. The van der Waals surface area contributed by atoms with E-state index in [1.807, 2.05) is 41.2 Å².